The molecule has 0 heterocycles. The molecule has 1 unspecified atom stereocenters. The molecule has 0 radical (unpaired) electrons. The summed E-state index contributed by atoms with van der Waals surface area (Å²) < 4.78 is 16.2. The van der Waals surface area contributed by atoms with Crippen molar-refractivity contribution in [2.75, 3.05) is 5.75 Å². The van der Waals surface area contributed by atoms with Gasteiger partial charge in [-0.2, -0.15) is 4.40 Å². The monoisotopic (exact) mass is 245 g/mol. The van der Waals surface area contributed by atoms with Crippen LogP contribution in [0.15, 0.2) is 4.40 Å². The number of hydrogen-bond acceptors (Lipinski definition) is 1. The van der Waals surface area contributed by atoms with Crippen molar-refractivity contribution >= 4 is 16.7 Å². The second kappa shape index (κ2) is 7.21. The third-order valence-electron chi connectivity index (χ3n) is 2.23. The predicted octanol–water partition coefficient (Wildman–Crippen LogP) is 3.98. The van der Waals surface area contributed by atoms with E-state index < -0.39 is 11.0 Å². The molecule has 0 aliphatic carbocycles. The molecule has 2 nitrogen and oxygen atoms in total. The van der Waals surface area contributed by atoms with Crippen molar-refractivity contribution < 1.29 is 4.21 Å². The van der Waals surface area contributed by atoms with Crippen LogP contribution in [0, 0.1) is 11.3 Å². The van der Waals surface area contributed by atoms with Gasteiger partial charge >= 0.3 is 0 Å². The van der Waals surface area contributed by atoms with Gasteiger partial charge < -0.3 is 0 Å². The van der Waals surface area contributed by atoms with Crippen molar-refractivity contribution in [3.63, 3.8) is 0 Å². The molecule has 0 saturated carbocycles. The first-order valence-corrected chi connectivity index (χ1v) is 7.49. The Kier molecular flexibility index (Phi) is 7.12. The van der Waals surface area contributed by atoms with Crippen molar-refractivity contribution in [1.82, 2.24) is 0 Å². The highest BCUT2D eigenvalue weighted by molar-refractivity contribution is 7.83. The van der Waals surface area contributed by atoms with Crippen LogP contribution in [0.1, 0.15) is 60.8 Å². The summed E-state index contributed by atoms with van der Waals surface area (Å²) >= 11 is 0. The summed E-state index contributed by atoms with van der Waals surface area (Å²) in [7, 11) is -1.06. The van der Waals surface area contributed by atoms with E-state index >= 15 is 0 Å². The second-order valence-corrected chi connectivity index (χ2v) is 6.98. The van der Waals surface area contributed by atoms with E-state index in [0.717, 1.165) is 25.0 Å². The van der Waals surface area contributed by atoms with Crippen LogP contribution in [0.3, 0.4) is 0 Å². The summed E-state index contributed by atoms with van der Waals surface area (Å²) in [5, 5.41) is 0. The Labute approximate surface area is 104 Å². The molecule has 0 spiro atoms. The summed E-state index contributed by atoms with van der Waals surface area (Å²) in [6.07, 6.45) is 3.30. The van der Waals surface area contributed by atoms with Crippen molar-refractivity contribution in [2.45, 2.75) is 60.8 Å². The summed E-state index contributed by atoms with van der Waals surface area (Å²) in [6.45, 7) is 12.7. The van der Waals surface area contributed by atoms with Crippen LogP contribution in [-0.2, 0) is 11.0 Å². The topological polar surface area (TPSA) is 29.4 Å². The lowest BCUT2D eigenvalue weighted by atomic mass is 10.0. The van der Waals surface area contributed by atoms with Gasteiger partial charge in [-0.25, -0.2) is 4.21 Å². The van der Waals surface area contributed by atoms with E-state index in [1.165, 1.54) is 0 Å². The van der Waals surface area contributed by atoms with E-state index in [9.17, 15) is 4.21 Å². The Balaban J connectivity index is 4.47. The first-order chi connectivity index (χ1) is 7.26. The average Bonchev–Trinajstić information content (AvgIpc) is 2.08. The van der Waals surface area contributed by atoms with Crippen LogP contribution in [0.4, 0.5) is 0 Å². The number of nitrogens with zero attached hydrogens (tertiary/aromatic N) is 1. The quantitative estimate of drug-likeness (QED) is 0.651. The molecule has 0 aromatic heterocycles. The van der Waals surface area contributed by atoms with Gasteiger partial charge in [0.15, 0.2) is 0 Å². The fourth-order valence-electron chi connectivity index (χ4n) is 1.33. The van der Waals surface area contributed by atoms with Gasteiger partial charge in [0.1, 0.15) is 11.0 Å². The zero-order valence-corrected chi connectivity index (χ0v) is 12.5. The molecule has 96 valence electrons. The van der Waals surface area contributed by atoms with Gasteiger partial charge in [-0.1, -0.05) is 48.0 Å². The molecule has 16 heavy (non-hydrogen) atoms. The maximum Gasteiger partial charge on any atom is 0.139 e. The SMILES string of the molecule is CCCC/C(=N/S(=O)CC(C)(C)C)C(C)C. The molecule has 0 N–H and O–H groups in total. The fraction of sp³-hybridized carbons (Fsp3) is 0.923. The molecule has 0 rings (SSSR count). The van der Waals surface area contributed by atoms with E-state index in [2.05, 4.69) is 45.9 Å². The predicted molar refractivity (Wildman–Crippen MR) is 74.3 cm³/mol. The molecule has 0 aromatic carbocycles. The van der Waals surface area contributed by atoms with E-state index in [1.54, 1.807) is 0 Å². The van der Waals surface area contributed by atoms with Crippen LogP contribution < -0.4 is 0 Å². The number of rotatable bonds is 6. The van der Waals surface area contributed by atoms with E-state index in [0.29, 0.717) is 11.7 Å². The van der Waals surface area contributed by atoms with Gasteiger partial charge in [0, 0.05) is 11.5 Å². The third-order valence-corrected chi connectivity index (χ3v) is 3.78. The van der Waals surface area contributed by atoms with Gasteiger partial charge in [0.2, 0.25) is 0 Å². The smallest absolute Gasteiger partial charge is 0.139 e. The van der Waals surface area contributed by atoms with Crippen LogP contribution >= 0.6 is 0 Å². The molecule has 0 saturated heterocycles. The highest BCUT2D eigenvalue weighted by atomic mass is 32.2. The van der Waals surface area contributed by atoms with Crippen molar-refractivity contribution in [3.05, 3.63) is 0 Å². The van der Waals surface area contributed by atoms with Gasteiger partial charge in [-0.15, -0.1) is 0 Å². The highest BCUT2D eigenvalue weighted by Gasteiger charge is 2.15. The van der Waals surface area contributed by atoms with Gasteiger partial charge in [-0.3, -0.25) is 0 Å². The summed E-state index contributed by atoms with van der Waals surface area (Å²) in [4.78, 5) is 0. The lowest BCUT2D eigenvalue weighted by molar-refractivity contribution is 0.474. The lowest BCUT2D eigenvalue weighted by Crippen LogP contribution is -2.17. The first kappa shape index (κ1) is 15.8. The molecule has 0 aliphatic heterocycles. The molecule has 0 fully saturated rings. The fourth-order valence-corrected chi connectivity index (χ4v) is 2.70. The van der Waals surface area contributed by atoms with E-state index in [-0.39, 0.29) is 5.41 Å². The largest absolute Gasteiger partial charge is 0.235 e. The number of hydrogen-bond donors (Lipinski definition) is 0. The zero-order valence-electron chi connectivity index (χ0n) is 11.7. The molecule has 3 heteroatoms. The maximum absolute atomic E-state index is 11.9. The van der Waals surface area contributed by atoms with Crippen LogP contribution in [0.5, 0.6) is 0 Å². The Morgan fingerprint density at radius 2 is 1.88 bits per heavy atom. The molecule has 0 aliphatic rings. The van der Waals surface area contributed by atoms with Gasteiger partial charge in [0.05, 0.1) is 0 Å². The van der Waals surface area contributed by atoms with Crippen molar-refractivity contribution in [1.29, 1.82) is 0 Å². The minimum Gasteiger partial charge on any atom is -0.235 e. The highest BCUT2D eigenvalue weighted by Crippen LogP contribution is 2.16. The molecular weight excluding hydrogens is 218 g/mol. The minimum absolute atomic E-state index is 0.0845. The summed E-state index contributed by atoms with van der Waals surface area (Å²) in [5.74, 6) is 1.06. The van der Waals surface area contributed by atoms with Crippen molar-refractivity contribution in [2.24, 2.45) is 15.7 Å². The standard InChI is InChI=1S/C13H27NOS/c1-7-8-9-12(11(2)3)14-16(15)10-13(4,5)6/h11H,7-10H2,1-6H3/b14-12-. The minimum atomic E-state index is -1.06. The van der Waals surface area contributed by atoms with E-state index in [1.807, 2.05) is 0 Å². The van der Waals surface area contributed by atoms with Crippen LogP contribution in [-0.4, -0.2) is 15.7 Å². The Hall–Kier alpha value is -0.180. The van der Waals surface area contributed by atoms with E-state index in [4.69, 9.17) is 0 Å². The van der Waals surface area contributed by atoms with Crippen molar-refractivity contribution in [3.8, 4) is 0 Å². The summed E-state index contributed by atoms with van der Waals surface area (Å²) in [6, 6.07) is 0. The molecule has 1 atom stereocenters. The molecule has 0 amide bonds. The normalized spacial score (nSPS) is 15.6. The Morgan fingerprint density at radius 3 is 2.25 bits per heavy atom. The van der Waals surface area contributed by atoms with Gasteiger partial charge in [-0.05, 0) is 24.2 Å². The molecule has 0 aromatic rings. The molecule has 0 bridgehead atoms. The average molecular weight is 245 g/mol. The van der Waals surface area contributed by atoms with Gasteiger partial charge in [0.25, 0.3) is 0 Å². The first-order valence-electron chi connectivity index (χ1n) is 6.22. The Bertz CT molecular complexity index is 251. The second-order valence-electron chi connectivity index (χ2n) is 5.87. The summed E-state index contributed by atoms with van der Waals surface area (Å²) in [5.41, 5.74) is 1.20. The van der Waals surface area contributed by atoms with Crippen LogP contribution in [0.2, 0.25) is 0 Å². The number of unbranched alkanes of at least 4 members (excludes halogenated alkanes) is 1. The molecular formula is C13H27NOS. The van der Waals surface area contributed by atoms with Crippen LogP contribution in [0.25, 0.3) is 0 Å². The Morgan fingerprint density at radius 1 is 1.31 bits per heavy atom. The zero-order chi connectivity index (χ0) is 12.8. The maximum atomic E-state index is 11.9. The third kappa shape index (κ3) is 8.03. The lowest BCUT2D eigenvalue weighted by Gasteiger charge is -2.16.